The lowest BCUT2D eigenvalue weighted by molar-refractivity contribution is -0.139. The summed E-state index contributed by atoms with van der Waals surface area (Å²) in [6, 6.07) is 2.73. The number of amides is 1. The standard InChI is InChI=1S/C35H39F4N5O4/c1-20(2)12-29(44-19-23(6-10-42-8-5-9-42)27(16-30(44)45)35(37,38)39)34(48)41-28(17-31(46)47)24-15-26(33-40-7-11-43(33)18-24)32-21(3)13-25(36)14-22(32)4/h7,11,13-16,18-20,28-29H,5-6,8-10,12,17H2,1-4H3,(H,41,48)(H,46,47). The van der Waals surface area contributed by atoms with Gasteiger partial charge in [0.25, 0.3) is 5.56 Å². The average molecular weight is 670 g/mol. The molecule has 1 aliphatic rings. The Labute approximate surface area is 275 Å². The Balaban J connectivity index is 1.56. The van der Waals surface area contributed by atoms with Gasteiger partial charge in [-0.05, 0) is 98.1 Å². The van der Waals surface area contributed by atoms with E-state index in [9.17, 15) is 37.1 Å². The van der Waals surface area contributed by atoms with E-state index in [1.165, 1.54) is 12.1 Å². The third kappa shape index (κ3) is 7.61. The number of carbonyl (C=O) groups is 2. The molecule has 256 valence electrons. The number of carbonyl (C=O) groups excluding carboxylic acids is 1. The number of hydrogen-bond acceptors (Lipinski definition) is 5. The monoisotopic (exact) mass is 669 g/mol. The fourth-order valence-electron chi connectivity index (χ4n) is 6.44. The number of carboxylic acid groups (broad SMARTS) is 1. The predicted octanol–water partition coefficient (Wildman–Crippen LogP) is 6.11. The molecule has 1 aromatic carbocycles. The number of benzene rings is 1. The predicted molar refractivity (Wildman–Crippen MR) is 172 cm³/mol. The van der Waals surface area contributed by atoms with Crippen LogP contribution >= 0.6 is 0 Å². The molecule has 0 spiro atoms. The van der Waals surface area contributed by atoms with Crippen LogP contribution in [0.5, 0.6) is 0 Å². The van der Waals surface area contributed by atoms with Gasteiger partial charge in [0.2, 0.25) is 5.91 Å². The fraction of sp³-hybridized carbons (Fsp3) is 0.429. The molecule has 1 amide bonds. The molecule has 4 aromatic rings. The molecule has 0 saturated carbocycles. The molecule has 13 heteroatoms. The van der Waals surface area contributed by atoms with Crippen molar-refractivity contribution in [1.82, 2.24) is 24.2 Å². The van der Waals surface area contributed by atoms with Crippen LogP contribution < -0.4 is 10.9 Å². The number of halogens is 4. The van der Waals surface area contributed by atoms with Crippen molar-refractivity contribution in [2.24, 2.45) is 5.92 Å². The van der Waals surface area contributed by atoms with Crippen LogP contribution in [-0.4, -0.2) is 55.5 Å². The second-order valence-electron chi connectivity index (χ2n) is 13.0. The molecule has 2 atom stereocenters. The second-order valence-corrected chi connectivity index (χ2v) is 13.0. The van der Waals surface area contributed by atoms with Gasteiger partial charge >= 0.3 is 12.1 Å². The van der Waals surface area contributed by atoms with Gasteiger partial charge in [-0.3, -0.25) is 14.4 Å². The molecule has 2 N–H and O–H groups in total. The third-order valence-electron chi connectivity index (χ3n) is 8.82. The highest BCUT2D eigenvalue weighted by Crippen LogP contribution is 2.35. The number of likely N-dealkylation sites (tertiary alicyclic amines) is 1. The molecule has 0 bridgehead atoms. The van der Waals surface area contributed by atoms with Crippen molar-refractivity contribution < 1.29 is 32.3 Å². The number of pyridine rings is 2. The van der Waals surface area contributed by atoms with Crippen molar-refractivity contribution in [2.75, 3.05) is 19.6 Å². The first-order chi connectivity index (χ1) is 22.6. The summed E-state index contributed by atoms with van der Waals surface area (Å²) in [6.07, 6.45) is 1.87. The molecule has 1 saturated heterocycles. The normalized spacial score (nSPS) is 15.0. The lowest BCUT2D eigenvalue weighted by atomic mass is 9.93. The molecule has 0 radical (unpaired) electrons. The van der Waals surface area contributed by atoms with E-state index in [4.69, 9.17) is 0 Å². The van der Waals surface area contributed by atoms with Crippen molar-refractivity contribution in [3.05, 3.63) is 93.0 Å². The smallest absolute Gasteiger partial charge is 0.416 e. The van der Waals surface area contributed by atoms with Crippen molar-refractivity contribution in [2.45, 2.75) is 71.6 Å². The Morgan fingerprint density at radius 1 is 1.06 bits per heavy atom. The summed E-state index contributed by atoms with van der Waals surface area (Å²) in [5, 5.41) is 12.7. The van der Waals surface area contributed by atoms with Crippen molar-refractivity contribution in [1.29, 1.82) is 0 Å². The van der Waals surface area contributed by atoms with Crippen LogP contribution in [0.3, 0.4) is 0 Å². The van der Waals surface area contributed by atoms with Crippen LogP contribution in [0.25, 0.3) is 16.8 Å². The summed E-state index contributed by atoms with van der Waals surface area (Å²) in [6.45, 7) is 9.11. The first-order valence-electron chi connectivity index (χ1n) is 15.9. The van der Waals surface area contributed by atoms with Gasteiger partial charge in [-0.1, -0.05) is 13.8 Å². The topological polar surface area (TPSA) is 109 Å². The highest BCUT2D eigenvalue weighted by atomic mass is 19.4. The summed E-state index contributed by atoms with van der Waals surface area (Å²) < 4.78 is 59.0. The van der Waals surface area contributed by atoms with E-state index >= 15 is 0 Å². The second kappa shape index (κ2) is 13.9. The minimum atomic E-state index is -4.75. The Hall–Kier alpha value is -4.52. The van der Waals surface area contributed by atoms with E-state index in [-0.39, 0.29) is 24.3 Å². The third-order valence-corrected chi connectivity index (χ3v) is 8.82. The number of aliphatic carboxylic acids is 1. The maximum absolute atomic E-state index is 14.2. The van der Waals surface area contributed by atoms with Crippen molar-refractivity contribution in [3.8, 4) is 11.1 Å². The largest absolute Gasteiger partial charge is 0.481 e. The van der Waals surface area contributed by atoms with Gasteiger partial charge in [0.15, 0.2) is 0 Å². The van der Waals surface area contributed by atoms with Crippen LogP contribution in [0.1, 0.15) is 73.0 Å². The number of aromatic nitrogens is 3. The van der Waals surface area contributed by atoms with E-state index < -0.39 is 53.5 Å². The maximum atomic E-state index is 14.2. The van der Waals surface area contributed by atoms with Gasteiger partial charge in [-0.15, -0.1) is 0 Å². The molecule has 48 heavy (non-hydrogen) atoms. The minimum Gasteiger partial charge on any atom is -0.481 e. The summed E-state index contributed by atoms with van der Waals surface area (Å²) >= 11 is 0. The Morgan fingerprint density at radius 3 is 2.33 bits per heavy atom. The molecule has 3 aromatic heterocycles. The summed E-state index contributed by atoms with van der Waals surface area (Å²) in [7, 11) is 0. The van der Waals surface area contributed by atoms with Gasteiger partial charge in [0, 0.05) is 43.0 Å². The number of aryl methyl sites for hydroxylation is 2. The summed E-state index contributed by atoms with van der Waals surface area (Å²) in [4.78, 5) is 45.9. The van der Waals surface area contributed by atoms with Gasteiger partial charge in [-0.25, -0.2) is 9.37 Å². The highest BCUT2D eigenvalue weighted by Gasteiger charge is 2.36. The Morgan fingerprint density at radius 2 is 1.75 bits per heavy atom. The minimum absolute atomic E-state index is 0.0443. The van der Waals surface area contributed by atoms with Crippen molar-refractivity contribution >= 4 is 17.5 Å². The highest BCUT2D eigenvalue weighted by molar-refractivity contribution is 5.84. The zero-order chi connectivity index (χ0) is 34.9. The van der Waals surface area contributed by atoms with E-state index in [0.29, 0.717) is 46.1 Å². The first kappa shape index (κ1) is 34.8. The number of carboxylic acids is 1. The Kier molecular flexibility index (Phi) is 10.1. The quantitative estimate of drug-likeness (QED) is 0.177. The van der Waals surface area contributed by atoms with Crippen LogP contribution in [0.4, 0.5) is 17.6 Å². The molecule has 0 aliphatic carbocycles. The van der Waals surface area contributed by atoms with Gasteiger partial charge < -0.3 is 24.3 Å². The number of fused-ring (bicyclic) bond motifs is 1. The van der Waals surface area contributed by atoms with Crippen LogP contribution in [-0.2, 0) is 22.2 Å². The molecule has 9 nitrogen and oxygen atoms in total. The number of hydrogen-bond donors (Lipinski definition) is 2. The number of imidazole rings is 1. The van der Waals surface area contributed by atoms with Crippen LogP contribution in [0.15, 0.2) is 53.8 Å². The average Bonchev–Trinajstić information content (AvgIpc) is 3.43. The van der Waals surface area contributed by atoms with Gasteiger partial charge in [0.05, 0.1) is 18.0 Å². The summed E-state index contributed by atoms with van der Waals surface area (Å²) in [5.74, 6) is -2.46. The first-order valence-corrected chi connectivity index (χ1v) is 15.9. The fourth-order valence-corrected chi connectivity index (χ4v) is 6.44. The SMILES string of the molecule is Cc1cc(F)cc(C)c1-c1cc(C(CC(=O)O)NC(=O)C(CC(C)C)n2cc(CCN3CCC3)c(C(F)(F)F)cc2=O)cn2ccnc12. The van der Waals surface area contributed by atoms with Crippen LogP contribution in [0, 0.1) is 25.6 Å². The number of nitrogens with one attached hydrogen (secondary N) is 1. The van der Waals surface area contributed by atoms with E-state index in [1.807, 2.05) is 18.7 Å². The maximum Gasteiger partial charge on any atom is 0.416 e. The molecule has 4 heterocycles. The molecule has 2 unspecified atom stereocenters. The molecule has 5 rings (SSSR count). The number of rotatable bonds is 12. The van der Waals surface area contributed by atoms with Gasteiger partial charge in [0.1, 0.15) is 17.5 Å². The molecular formula is C35H39F4N5O4. The zero-order valence-electron chi connectivity index (χ0n) is 27.3. The van der Waals surface area contributed by atoms with Crippen molar-refractivity contribution in [3.63, 3.8) is 0 Å². The van der Waals surface area contributed by atoms with Gasteiger partial charge in [-0.2, -0.15) is 13.2 Å². The zero-order valence-corrected chi connectivity index (χ0v) is 27.3. The van der Waals surface area contributed by atoms with E-state index in [2.05, 4.69) is 10.3 Å². The van der Waals surface area contributed by atoms with E-state index in [0.717, 1.165) is 30.3 Å². The molecule has 1 aliphatic heterocycles. The lowest BCUT2D eigenvalue weighted by Crippen LogP contribution is -2.41. The molecular weight excluding hydrogens is 630 g/mol. The lowest BCUT2D eigenvalue weighted by Gasteiger charge is -2.31. The van der Waals surface area contributed by atoms with Crippen LogP contribution in [0.2, 0.25) is 0 Å². The molecule has 1 fully saturated rings. The number of nitrogens with zero attached hydrogens (tertiary/aromatic N) is 4. The number of alkyl halides is 3. The van der Waals surface area contributed by atoms with E-state index in [1.54, 1.807) is 42.9 Å². The Bertz CT molecular complexity index is 1870. The summed E-state index contributed by atoms with van der Waals surface area (Å²) in [5.41, 5.74) is 1.44.